The fraction of sp³-hybridized carbons (Fsp3) is 0.909. The minimum Gasteiger partial charge on any atom is -0.348 e. The van der Waals surface area contributed by atoms with Crippen LogP contribution in [0.3, 0.4) is 0 Å². The average molecular weight is 250 g/mol. The number of carbonyl (C=O) groups is 1. The van der Waals surface area contributed by atoms with E-state index in [4.69, 9.17) is 0 Å². The maximum atomic E-state index is 12.0. The minimum absolute atomic E-state index is 0.152. The van der Waals surface area contributed by atoms with Gasteiger partial charge in [-0.25, -0.2) is 0 Å². The second-order valence-electron chi connectivity index (χ2n) is 4.86. The summed E-state index contributed by atoms with van der Waals surface area (Å²) in [6.45, 7) is 2.16. The van der Waals surface area contributed by atoms with E-state index >= 15 is 0 Å². The van der Waals surface area contributed by atoms with Gasteiger partial charge in [-0.15, -0.1) is 0 Å². The molecule has 1 amide bonds. The first-order chi connectivity index (χ1) is 7.98. The Labute approximate surface area is 98.3 Å². The third kappa shape index (κ3) is 2.91. The fourth-order valence-electron chi connectivity index (χ4n) is 2.91. The molecular weight excluding hydrogens is 233 g/mol. The van der Waals surface area contributed by atoms with Gasteiger partial charge in [-0.3, -0.25) is 4.79 Å². The summed E-state index contributed by atoms with van der Waals surface area (Å²) in [4.78, 5) is 13.1. The van der Waals surface area contributed by atoms with Crippen molar-refractivity contribution in [1.29, 1.82) is 0 Å². The smallest absolute Gasteiger partial charge is 0.348 e. The zero-order valence-electron chi connectivity index (χ0n) is 9.59. The predicted octanol–water partition coefficient (Wildman–Crippen LogP) is 1.54. The third-order valence-electron chi connectivity index (χ3n) is 3.78. The Kier molecular flexibility index (Phi) is 3.61. The van der Waals surface area contributed by atoms with Gasteiger partial charge in [-0.05, 0) is 38.3 Å². The van der Waals surface area contributed by atoms with E-state index < -0.39 is 12.1 Å². The molecule has 2 heterocycles. The van der Waals surface area contributed by atoms with Gasteiger partial charge in [0.15, 0.2) is 0 Å². The fourth-order valence-corrected chi connectivity index (χ4v) is 2.91. The first-order valence-corrected chi connectivity index (χ1v) is 6.07. The monoisotopic (exact) mass is 250 g/mol. The van der Waals surface area contributed by atoms with Gasteiger partial charge in [0.1, 0.15) is 0 Å². The van der Waals surface area contributed by atoms with E-state index in [1.54, 1.807) is 0 Å². The molecule has 0 bridgehead atoms. The van der Waals surface area contributed by atoms with E-state index in [2.05, 4.69) is 4.90 Å². The zero-order chi connectivity index (χ0) is 12.5. The zero-order valence-corrected chi connectivity index (χ0v) is 9.59. The molecule has 0 radical (unpaired) electrons. The maximum Gasteiger partial charge on any atom is 0.471 e. The summed E-state index contributed by atoms with van der Waals surface area (Å²) < 4.78 is 36.1. The molecule has 0 aliphatic carbocycles. The Morgan fingerprint density at radius 2 is 2.00 bits per heavy atom. The van der Waals surface area contributed by atoms with Crippen LogP contribution in [0, 0.1) is 5.92 Å². The number of rotatable bonds is 2. The maximum absolute atomic E-state index is 12.0. The highest BCUT2D eigenvalue weighted by Crippen LogP contribution is 2.31. The largest absolute Gasteiger partial charge is 0.471 e. The molecule has 0 aromatic rings. The number of piperidine rings is 1. The number of halogens is 3. The third-order valence-corrected chi connectivity index (χ3v) is 3.78. The number of alkyl halides is 3. The van der Waals surface area contributed by atoms with Crippen LogP contribution < -0.4 is 5.32 Å². The van der Waals surface area contributed by atoms with Gasteiger partial charge in [0.2, 0.25) is 0 Å². The molecular formula is C11H17F3N2O. The number of hydrogen-bond donors (Lipinski definition) is 1. The molecule has 0 spiro atoms. The number of nitrogens with one attached hydrogen (secondary N) is 1. The van der Waals surface area contributed by atoms with E-state index in [0.29, 0.717) is 6.04 Å². The van der Waals surface area contributed by atoms with Crippen LogP contribution in [0.15, 0.2) is 0 Å². The Bertz CT molecular complexity index is 293. The summed E-state index contributed by atoms with van der Waals surface area (Å²) in [7, 11) is 0. The Morgan fingerprint density at radius 1 is 1.24 bits per heavy atom. The van der Waals surface area contributed by atoms with Crippen LogP contribution in [0.4, 0.5) is 13.2 Å². The van der Waals surface area contributed by atoms with Crippen molar-refractivity contribution >= 4 is 5.91 Å². The molecule has 3 nitrogen and oxygen atoms in total. The molecule has 0 unspecified atom stereocenters. The van der Waals surface area contributed by atoms with Gasteiger partial charge in [-0.2, -0.15) is 13.2 Å². The van der Waals surface area contributed by atoms with E-state index in [1.165, 1.54) is 6.42 Å². The summed E-state index contributed by atoms with van der Waals surface area (Å²) in [5, 5.41) is 2.01. The van der Waals surface area contributed by atoms with E-state index in [1.807, 2.05) is 5.32 Å². The molecule has 2 aliphatic rings. The van der Waals surface area contributed by atoms with Crippen LogP contribution in [0.2, 0.25) is 0 Å². The lowest BCUT2D eigenvalue weighted by Gasteiger charge is -2.32. The normalized spacial score (nSPS) is 30.1. The molecule has 2 fully saturated rings. The summed E-state index contributed by atoms with van der Waals surface area (Å²) >= 11 is 0. The van der Waals surface area contributed by atoms with Crippen LogP contribution in [0.1, 0.15) is 25.7 Å². The van der Waals surface area contributed by atoms with Crippen molar-refractivity contribution in [3.63, 3.8) is 0 Å². The van der Waals surface area contributed by atoms with Crippen LogP contribution >= 0.6 is 0 Å². The van der Waals surface area contributed by atoms with E-state index in [9.17, 15) is 18.0 Å². The highest BCUT2D eigenvalue weighted by atomic mass is 19.4. The summed E-state index contributed by atoms with van der Waals surface area (Å²) in [5.74, 6) is -1.63. The number of nitrogens with zero attached hydrogens (tertiary/aromatic N) is 1. The lowest BCUT2D eigenvalue weighted by atomic mass is 9.93. The standard InChI is InChI=1S/C11H17F3N2O/c12-11(13,14)10(17)15-7-8-4-6-16-5-2-1-3-9(8)16/h8-9H,1-7H2,(H,15,17)/t8-,9+/m0/s1. The predicted molar refractivity (Wildman–Crippen MR) is 56.4 cm³/mol. The second kappa shape index (κ2) is 4.84. The van der Waals surface area contributed by atoms with Gasteiger partial charge in [-0.1, -0.05) is 6.42 Å². The van der Waals surface area contributed by atoms with Crippen LogP contribution in [0.25, 0.3) is 0 Å². The average Bonchev–Trinajstić information content (AvgIpc) is 2.68. The van der Waals surface area contributed by atoms with E-state index in [-0.39, 0.29) is 12.5 Å². The molecule has 6 heteroatoms. The van der Waals surface area contributed by atoms with Crippen molar-refractivity contribution in [2.45, 2.75) is 37.9 Å². The molecule has 2 saturated heterocycles. The van der Waals surface area contributed by atoms with Crippen LogP contribution in [-0.2, 0) is 4.79 Å². The molecule has 0 saturated carbocycles. The Hall–Kier alpha value is -0.780. The van der Waals surface area contributed by atoms with Gasteiger partial charge in [0.25, 0.3) is 0 Å². The van der Waals surface area contributed by atoms with Crippen molar-refractivity contribution in [3.05, 3.63) is 0 Å². The summed E-state index contributed by atoms with van der Waals surface area (Å²) in [5.41, 5.74) is 0. The Morgan fingerprint density at radius 3 is 2.71 bits per heavy atom. The quantitative estimate of drug-likeness (QED) is 0.806. The molecule has 2 atom stereocenters. The van der Waals surface area contributed by atoms with Crippen molar-refractivity contribution < 1.29 is 18.0 Å². The second-order valence-corrected chi connectivity index (χ2v) is 4.86. The van der Waals surface area contributed by atoms with Crippen molar-refractivity contribution in [2.75, 3.05) is 19.6 Å². The highest BCUT2D eigenvalue weighted by molar-refractivity contribution is 5.81. The van der Waals surface area contributed by atoms with Crippen LogP contribution in [0.5, 0.6) is 0 Å². The topological polar surface area (TPSA) is 32.3 Å². The van der Waals surface area contributed by atoms with Gasteiger partial charge in [0.05, 0.1) is 0 Å². The van der Waals surface area contributed by atoms with Crippen molar-refractivity contribution in [3.8, 4) is 0 Å². The number of fused-ring (bicyclic) bond motifs is 1. The van der Waals surface area contributed by atoms with Gasteiger partial charge in [0, 0.05) is 12.6 Å². The Balaban J connectivity index is 1.82. The summed E-state index contributed by atoms with van der Waals surface area (Å²) in [6.07, 6.45) is -0.497. The lowest BCUT2D eigenvalue weighted by Crippen LogP contribution is -2.43. The minimum atomic E-state index is -4.76. The number of hydrogen-bond acceptors (Lipinski definition) is 2. The summed E-state index contributed by atoms with van der Waals surface area (Å²) in [6, 6.07) is 0.372. The van der Waals surface area contributed by atoms with Gasteiger partial charge < -0.3 is 10.2 Å². The molecule has 1 N–H and O–H groups in total. The molecule has 2 aliphatic heterocycles. The van der Waals surface area contributed by atoms with E-state index in [0.717, 1.165) is 32.4 Å². The van der Waals surface area contributed by atoms with Crippen LogP contribution in [-0.4, -0.2) is 42.7 Å². The molecule has 2 rings (SSSR count). The highest BCUT2D eigenvalue weighted by Gasteiger charge is 2.40. The SMILES string of the molecule is O=C(NC[C@@H]1CCN2CCCC[C@H]12)C(F)(F)F. The number of amides is 1. The van der Waals surface area contributed by atoms with Crippen molar-refractivity contribution in [2.24, 2.45) is 5.92 Å². The molecule has 0 aromatic heterocycles. The van der Waals surface area contributed by atoms with Gasteiger partial charge >= 0.3 is 12.1 Å². The van der Waals surface area contributed by atoms with Crippen molar-refractivity contribution in [1.82, 2.24) is 10.2 Å². The molecule has 17 heavy (non-hydrogen) atoms. The first kappa shape index (κ1) is 12.7. The first-order valence-electron chi connectivity index (χ1n) is 6.07. The molecule has 98 valence electrons. The number of carbonyl (C=O) groups excluding carboxylic acids is 1. The lowest BCUT2D eigenvalue weighted by molar-refractivity contribution is -0.173. The molecule has 0 aromatic carbocycles.